The van der Waals surface area contributed by atoms with Gasteiger partial charge in [0.05, 0.1) is 11.8 Å². The molecule has 0 N–H and O–H groups in total. The molecule has 2 rings (SSSR count). The van der Waals surface area contributed by atoms with Crippen LogP contribution in [-0.2, 0) is 6.54 Å². The van der Waals surface area contributed by atoms with Crippen LogP contribution in [0.15, 0.2) is 34.9 Å². The third-order valence-corrected chi connectivity index (χ3v) is 3.14. The molecule has 0 saturated heterocycles. The van der Waals surface area contributed by atoms with E-state index < -0.39 is 5.82 Å². The van der Waals surface area contributed by atoms with Crippen molar-refractivity contribution in [2.45, 2.75) is 20.4 Å². The molecular formula is C15H16FNO2. The average Bonchev–Trinajstić information content (AvgIpc) is 2.77. The Balaban J connectivity index is 2.20. The monoisotopic (exact) mass is 261 g/mol. The molecule has 0 spiro atoms. The van der Waals surface area contributed by atoms with E-state index >= 15 is 0 Å². The highest BCUT2D eigenvalue weighted by molar-refractivity contribution is 5.94. The molecule has 1 amide bonds. The number of amides is 1. The van der Waals surface area contributed by atoms with Gasteiger partial charge in [-0.15, -0.1) is 0 Å². The highest BCUT2D eigenvalue weighted by Crippen LogP contribution is 2.16. The smallest absolute Gasteiger partial charge is 0.256 e. The molecule has 0 saturated carbocycles. The van der Waals surface area contributed by atoms with Crippen molar-refractivity contribution in [3.63, 3.8) is 0 Å². The molecule has 0 radical (unpaired) electrons. The second-order valence-corrected chi connectivity index (χ2v) is 4.60. The van der Waals surface area contributed by atoms with Crippen molar-refractivity contribution in [3.05, 3.63) is 58.8 Å². The predicted molar refractivity (Wildman–Crippen MR) is 70.4 cm³/mol. The molecule has 0 aliphatic carbocycles. The summed E-state index contributed by atoms with van der Waals surface area (Å²) in [4.78, 5) is 13.7. The minimum atomic E-state index is -0.455. The Hall–Kier alpha value is -2.10. The van der Waals surface area contributed by atoms with Crippen LogP contribution < -0.4 is 0 Å². The van der Waals surface area contributed by atoms with Crippen LogP contribution in [0.25, 0.3) is 0 Å². The fourth-order valence-corrected chi connectivity index (χ4v) is 1.92. The SMILES string of the molecule is Cc1cccc(C(=O)N(C)Cc2ccoc2C)c1F. The Morgan fingerprint density at radius 2 is 2.05 bits per heavy atom. The summed E-state index contributed by atoms with van der Waals surface area (Å²) in [6.07, 6.45) is 1.58. The van der Waals surface area contributed by atoms with Crippen molar-refractivity contribution in [3.8, 4) is 0 Å². The minimum absolute atomic E-state index is 0.101. The van der Waals surface area contributed by atoms with E-state index in [0.29, 0.717) is 12.1 Å². The molecule has 19 heavy (non-hydrogen) atoms. The van der Waals surface area contributed by atoms with Gasteiger partial charge in [-0.3, -0.25) is 4.79 Å². The van der Waals surface area contributed by atoms with E-state index in [9.17, 15) is 9.18 Å². The maximum atomic E-state index is 13.9. The van der Waals surface area contributed by atoms with Crippen LogP contribution in [0.3, 0.4) is 0 Å². The maximum absolute atomic E-state index is 13.9. The van der Waals surface area contributed by atoms with Crippen LogP contribution in [-0.4, -0.2) is 17.9 Å². The molecule has 0 bridgehead atoms. The Bertz CT molecular complexity index is 604. The molecule has 1 aromatic heterocycles. The number of nitrogens with zero attached hydrogens (tertiary/aromatic N) is 1. The Labute approximate surface area is 111 Å². The number of rotatable bonds is 3. The normalized spacial score (nSPS) is 10.5. The number of furan rings is 1. The zero-order chi connectivity index (χ0) is 14.0. The van der Waals surface area contributed by atoms with Gasteiger partial charge in [0.2, 0.25) is 0 Å². The number of carbonyl (C=O) groups is 1. The maximum Gasteiger partial charge on any atom is 0.256 e. The van der Waals surface area contributed by atoms with Crippen LogP contribution >= 0.6 is 0 Å². The van der Waals surface area contributed by atoms with Gasteiger partial charge in [-0.1, -0.05) is 12.1 Å². The quantitative estimate of drug-likeness (QED) is 0.849. The topological polar surface area (TPSA) is 33.5 Å². The van der Waals surface area contributed by atoms with Crippen molar-refractivity contribution in [2.24, 2.45) is 0 Å². The molecule has 4 heteroatoms. The van der Waals surface area contributed by atoms with Gasteiger partial charge >= 0.3 is 0 Å². The van der Waals surface area contributed by atoms with E-state index in [1.807, 2.05) is 13.0 Å². The molecule has 0 atom stereocenters. The molecule has 0 aliphatic rings. The first-order valence-corrected chi connectivity index (χ1v) is 6.04. The van der Waals surface area contributed by atoms with Gasteiger partial charge in [-0.2, -0.15) is 0 Å². The van der Waals surface area contributed by atoms with E-state index in [0.717, 1.165) is 11.3 Å². The first-order valence-electron chi connectivity index (χ1n) is 6.04. The fourth-order valence-electron chi connectivity index (χ4n) is 1.92. The van der Waals surface area contributed by atoms with Crippen molar-refractivity contribution in [1.82, 2.24) is 4.90 Å². The lowest BCUT2D eigenvalue weighted by atomic mass is 10.1. The zero-order valence-electron chi connectivity index (χ0n) is 11.2. The molecular weight excluding hydrogens is 245 g/mol. The number of halogens is 1. The molecule has 0 unspecified atom stereocenters. The lowest BCUT2D eigenvalue weighted by Gasteiger charge is -2.17. The molecule has 1 aromatic carbocycles. The summed E-state index contributed by atoms with van der Waals surface area (Å²) in [6, 6.07) is 6.64. The van der Waals surface area contributed by atoms with Gasteiger partial charge in [0.15, 0.2) is 0 Å². The van der Waals surface area contributed by atoms with Gasteiger partial charge in [0.1, 0.15) is 11.6 Å². The first-order chi connectivity index (χ1) is 9.00. The van der Waals surface area contributed by atoms with E-state index in [1.54, 1.807) is 32.4 Å². The van der Waals surface area contributed by atoms with Crippen molar-refractivity contribution in [2.75, 3.05) is 7.05 Å². The Kier molecular flexibility index (Phi) is 3.69. The van der Waals surface area contributed by atoms with Crippen LogP contribution in [0, 0.1) is 19.7 Å². The van der Waals surface area contributed by atoms with Gasteiger partial charge in [0, 0.05) is 19.2 Å². The number of benzene rings is 1. The van der Waals surface area contributed by atoms with E-state index in [4.69, 9.17) is 4.42 Å². The van der Waals surface area contributed by atoms with E-state index in [-0.39, 0.29) is 11.5 Å². The summed E-state index contributed by atoms with van der Waals surface area (Å²) in [5.41, 5.74) is 1.49. The van der Waals surface area contributed by atoms with Crippen molar-refractivity contribution < 1.29 is 13.6 Å². The fraction of sp³-hybridized carbons (Fsp3) is 0.267. The average molecular weight is 261 g/mol. The molecule has 2 aromatic rings. The zero-order valence-corrected chi connectivity index (χ0v) is 11.2. The summed E-state index contributed by atoms with van der Waals surface area (Å²) >= 11 is 0. The molecule has 1 heterocycles. The van der Waals surface area contributed by atoms with Gasteiger partial charge < -0.3 is 9.32 Å². The summed E-state index contributed by atoms with van der Waals surface area (Å²) in [5, 5.41) is 0. The highest BCUT2D eigenvalue weighted by Gasteiger charge is 2.18. The summed E-state index contributed by atoms with van der Waals surface area (Å²) in [7, 11) is 1.65. The van der Waals surface area contributed by atoms with Crippen LogP contribution in [0.2, 0.25) is 0 Å². The van der Waals surface area contributed by atoms with E-state index in [1.165, 1.54) is 11.0 Å². The molecule has 0 fully saturated rings. The third-order valence-electron chi connectivity index (χ3n) is 3.14. The second kappa shape index (κ2) is 5.26. The van der Waals surface area contributed by atoms with Gasteiger partial charge in [-0.05, 0) is 31.5 Å². The third kappa shape index (κ3) is 2.67. The largest absolute Gasteiger partial charge is 0.469 e. The Morgan fingerprint density at radius 3 is 2.68 bits per heavy atom. The standard InChI is InChI=1S/C15H16FNO2/c1-10-5-4-6-13(14(10)16)15(18)17(3)9-12-7-8-19-11(12)2/h4-8H,9H2,1-3H3. The molecule has 0 aliphatic heterocycles. The van der Waals surface area contributed by atoms with E-state index in [2.05, 4.69) is 0 Å². The predicted octanol–water partition coefficient (Wildman–Crippen LogP) is 3.31. The lowest BCUT2D eigenvalue weighted by Crippen LogP contribution is -2.27. The number of carbonyl (C=O) groups excluding carboxylic acids is 1. The highest BCUT2D eigenvalue weighted by atomic mass is 19.1. The number of hydrogen-bond donors (Lipinski definition) is 0. The molecule has 3 nitrogen and oxygen atoms in total. The van der Waals surface area contributed by atoms with Gasteiger partial charge in [0.25, 0.3) is 5.91 Å². The van der Waals surface area contributed by atoms with Crippen LogP contribution in [0.5, 0.6) is 0 Å². The lowest BCUT2D eigenvalue weighted by molar-refractivity contribution is 0.0780. The summed E-state index contributed by atoms with van der Waals surface area (Å²) < 4.78 is 19.1. The minimum Gasteiger partial charge on any atom is -0.469 e. The summed E-state index contributed by atoms with van der Waals surface area (Å²) in [6.45, 7) is 3.88. The first kappa shape index (κ1) is 13.3. The number of hydrogen-bond acceptors (Lipinski definition) is 2. The van der Waals surface area contributed by atoms with Crippen molar-refractivity contribution in [1.29, 1.82) is 0 Å². The van der Waals surface area contributed by atoms with Crippen molar-refractivity contribution >= 4 is 5.91 Å². The van der Waals surface area contributed by atoms with Crippen LogP contribution in [0.1, 0.15) is 27.2 Å². The number of aryl methyl sites for hydroxylation is 2. The van der Waals surface area contributed by atoms with Gasteiger partial charge in [-0.25, -0.2) is 4.39 Å². The van der Waals surface area contributed by atoms with Crippen LogP contribution in [0.4, 0.5) is 4.39 Å². The molecule has 100 valence electrons. The summed E-state index contributed by atoms with van der Waals surface area (Å²) in [5.74, 6) is -0.0190. The second-order valence-electron chi connectivity index (χ2n) is 4.60. The Morgan fingerprint density at radius 1 is 1.32 bits per heavy atom.